The van der Waals surface area contributed by atoms with Gasteiger partial charge in [0.2, 0.25) is 0 Å². The molecule has 0 saturated carbocycles. The number of nitrogens with one attached hydrogen (secondary N) is 2. The highest BCUT2D eigenvalue weighted by atomic mass is 35.5. The van der Waals surface area contributed by atoms with Gasteiger partial charge in [0.1, 0.15) is 29.3 Å². The van der Waals surface area contributed by atoms with E-state index in [0.717, 1.165) is 0 Å². The Bertz CT molecular complexity index is 1100. The molecule has 0 aliphatic heterocycles. The molecule has 1 aromatic carbocycles. The van der Waals surface area contributed by atoms with Crippen LogP contribution in [0.3, 0.4) is 0 Å². The van der Waals surface area contributed by atoms with Gasteiger partial charge in [-0.25, -0.2) is 19.9 Å². The summed E-state index contributed by atoms with van der Waals surface area (Å²) in [6.45, 7) is 0. The zero-order chi connectivity index (χ0) is 18.3. The molecule has 0 aliphatic carbocycles. The number of nitrogen functional groups attached to an aromatic ring is 1. The average Bonchev–Trinajstić information content (AvgIpc) is 2.98. The lowest BCUT2D eigenvalue weighted by Gasteiger charge is -2.06. The highest BCUT2D eigenvalue weighted by molar-refractivity contribution is 6.41. The molecule has 26 heavy (non-hydrogen) atoms. The molecule has 0 spiro atoms. The van der Waals surface area contributed by atoms with Crippen molar-refractivity contribution >= 4 is 63.3 Å². The summed E-state index contributed by atoms with van der Waals surface area (Å²) in [5.74, 6) is 1.89. The second-order valence-corrected chi connectivity index (χ2v) is 6.59. The number of nitrogens with zero attached hydrogens (tertiary/aromatic N) is 4. The molecule has 0 radical (unpaired) electrons. The highest BCUT2D eigenvalue weighted by Crippen LogP contribution is 2.37. The summed E-state index contributed by atoms with van der Waals surface area (Å²) in [6.07, 6.45) is 2.99. The predicted octanol–water partition coefficient (Wildman–Crippen LogP) is 4.70. The lowest BCUT2D eigenvalue weighted by Crippen LogP contribution is -1.99. The summed E-state index contributed by atoms with van der Waals surface area (Å²) in [6, 6.07) is 6.59. The second-order valence-electron chi connectivity index (χ2n) is 5.34. The van der Waals surface area contributed by atoms with Crippen LogP contribution in [-0.2, 0) is 0 Å². The summed E-state index contributed by atoms with van der Waals surface area (Å²) in [5, 5.41) is 4.33. The van der Waals surface area contributed by atoms with Gasteiger partial charge >= 0.3 is 0 Å². The van der Waals surface area contributed by atoms with Gasteiger partial charge in [-0.05, 0) is 18.2 Å². The zero-order valence-electron chi connectivity index (χ0n) is 13.0. The fourth-order valence-electron chi connectivity index (χ4n) is 2.48. The third-order valence-electron chi connectivity index (χ3n) is 3.58. The van der Waals surface area contributed by atoms with E-state index in [2.05, 4.69) is 30.2 Å². The van der Waals surface area contributed by atoms with Crippen molar-refractivity contribution in [2.75, 3.05) is 11.1 Å². The van der Waals surface area contributed by atoms with Crippen LogP contribution in [-0.4, -0.2) is 24.9 Å². The topological polar surface area (TPSA) is 105 Å². The minimum Gasteiger partial charge on any atom is -0.384 e. The number of benzene rings is 1. The van der Waals surface area contributed by atoms with Crippen LogP contribution in [0.2, 0.25) is 15.1 Å². The molecule has 7 nitrogen and oxygen atoms in total. The quantitative estimate of drug-likeness (QED) is 0.455. The van der Waals surface area contributed by atoms with Crippen LogP contribution in [0.1, 0.15) is 0 Å². The van der Waals surface area contributed by atoms with E-state index in [1.807, 2.05) is 0 Å². The Morgan fingerprint density at radius 3 is 2.50 bits per heavy atom. The monoisotopic (exact) mass is 405 g/mol. The Hall–Kier alpha value is -2.61. The minimum atomic E-state index is 0.347. The van der Waals surface area contributed by atoms with E-state index in [0.29, 0.717) is 54.9 Å². The van der Waals surface area contributed by atoms with Crippen molar-refractivity contribution in [3.8, 4) is 11.4 Å². The van der Waals surface area contributed by atoms with Crippen molar-refractivity contribution in [1.82, 2.24) is 24.9 Å². The summed E-state index contributed by atoms with van der Waals surface area (Å²) >= 11 is 18.6. The van der Waals surface area contributed by atoms with E-state index in [9.17, 15) is 0 Å². The number of aromatic amines is 1. The molecule has 10 heteroatoms. The van der Waals surface area contributed by atoms with Crippen LogP contribution >= 0.6 is 34.8 Å². The van der Waals surface area contributed by atoms with Gasteiger partial charge in [0, 0.05) is 17.3 Å². The molecule has 130 valence electrons. The number of rotatable bonds is 3. The van der Waals surface area contributed by atoms with Crippen LogP contribution in [0.4, 0.5) is 17.5 Å². The van der Waals surface area contributed by atoms with Gasteiger partial charge in [-0.2, -0.15) is 0 Å². The molecule has 3 heterocycles. The van der Waals surface area contributed by atoms with Crippen molar-refractivity contribution in [2.24, 2.45) is 0 Å². The highest BCUT2D eigenvalue weighted by Gasteiger charge is 2.16. The molecular weight excluding hydrogens is 397 g/mol. The van der Waals surface area contributed by atoms with Crippen LogP contribution in [0.25, 0.3) is 22.4 Å². The maximum Gasteiger partial charge on any atom is 0.157 e. The van der Waals surface area contributed by atoms with Crippen molar-refractivity contribution in [1.29, 1.82) is 0 Å². The molecule has 0 unspecified atom stereocenters. The fourth-order valence-corrected chi connectivity index (χ4v) is 3.47. The molecule has 0 bridgehead atoms. The molecule has 0 fully saturated rings. The summed E-state index contributed by atoms with van der Waals surface area (Å²) in [4.78, 5) is 20.0. The SMILES string of the molecule is Nc1cc(Nc2nccc3nc(-c4c(Cl)cc(Cl)cc4Cl)[nH]c23)ncn1. The van der Waals surface area contributed by atoms with Crippen LogP contribution in [0.15, 0.2) is 36.8 Å². The third kappa shape index (κ3) is 3.12. The lowest BCUT2D eigenvalue weighted by atomic mass is 10.2. The van der Waals surface area contributed by atoms with Gasteiger partial charge in [0.15, 0.2) is 5.82 Å². The lowest BCUT2D eigenvalue weighted by molar-refractivity contribution is 1.17. The number of hydrogen-bond donors (Lipinski definition) is 3. The van der Waals surface area contributed by atoms with Gasteiger partial charge in [-0.3, -0.25) is 0 Å². The number of aromatic nitrogens is 5. The Labute approximate surface area is 162 Å². The van der Waals surface area contributed by atoms with Crippen LogP contribution in [0, 0.1) is 0 Å². The number of anilines is 3. The molecule has 4 rings (SSSR count). The Kier molecular flexibility index (Phi) is 4.28. The first kappa shape index (κ1) is 16.8. The predicted molar refractivity (Wildman–Crippen MR) is 104 cm³/mol. The Balaban J connectivity index is 1.81. The van der Waals surface area contributed by atoms with E-state index in [1.54, 1.807) is 30.5 Å². The van der Waals surface area contributed by atoms with E-state index < -0.39 is 0 Å². The molecule has 0 atom stereocenters. The van der Waals surface area contributed by atoms with Gasteiger partial charge in [-0.15, -0.1) is 0 Å². The maximum absolute atomic E-state index is 6.29. The number of halogens is 3. The molecule has 4 aromatic rings. The number of fused-ring (bicyclic) bond motifs is 1. The molecule has 0 aliphatic rings. The molecule has 4 N–H and O–H groups in total. The summed E-state index contributed by atoms with van der Waals surface area (Å²) in [5.41, 5.74) is 7.59. The van der Waals surface area contributed by atoms with E-state index in [4.69, 9.17) is 40.5 Å². The number of hydrogen-bond acceptors (Lipinski definition) is 6. The Morgan fingerprint density at radius 1 is 1.00 bits per heavy atom. The van der Waals surface area contributed by atoms with E-state index in [-0.39, 0.29) is 0 Å². The molecular formula is C16H10Cl3N7. The number of H-pyrrole nitrogens is 1. The van der Waals surface area contributed by atoms with Crippen LogP contribution < -0.4 is 11.1 Å². The maximum atomic E-state index is 6.29. The van der Waals surface area contributed by atoms with Gasteiger partial charge in [0.25, 0.3) is 0 Å². The van der Waals surface area contributed by atoms with Gasteiger partial charge in [0.05, 0.1) is 21.1 Å². The normalized spacial score (nSPS) is 11.0. The first-order valence-electron chi connectivity index (χ1n) is 7.35. The Morgan fingerprint density at radius 2 is 1.77 bits per heavy atom. The first-order valence-corrected chi connectivity index (χ1v) is 8.49. The van der Waals surface area contributed by atoms with Crippen molar-refractivity contribution in [3.05, 3.63) is 51.9 Å². The number of nitrogens with two attached hydrogens (primary N) is 1. The largest absolute Gasteiger partial charge is 0.384 e. The minimum absolute atomic E-state index is 0.347. The van der Waals surface area contributed by atoms with Gasteiger partial charge < -0.3 is 16.0 Å². The standard InChI is InChI=1S/C16H10Cl3N7/c17-7-3-8(18)13(9(19)4-7)15-24-10-1-2-21-16(14(10)26-15)25-12-5-11(20)22-6-23-12/h1-6H,(H,24,26)(H3,20,21,22,23,25). The smallest absolute Gasteiger partial charge is 0.157 e. The third-order valence-corrected chi connectivity index (χ3v) is 4.40. The van der Waals surface area contributed by atoms with Gasteiger partial charge in [-0.1, -0.05) is 34.8 Å². The second kappa shape index (κ2) is 6.60. The van der Waals surface area contributed by atoms with E-state index >= 15 is 0 Å². The van der Waals surface area contributed by atoms with E-state index in [1.165, 1.54) is 6.33 Å². The number of imidazole rings is 1. The summed E-state index contributed by atoms with van der Waals surface area (Å²) in [7, 11) is 0. The number of pyridine rings is 1. The fraction of sp³-hybridized carbons (Fsp3) is 0. The molecule has 3 aromatic heterocycles. The van der Waals surface area contributed by atoms with Crippen molar-refractivity contribution in [3.63, 3.8) is 0 Å². The first-order chi connectivity index (χ1) is 12.5. The van der Waals surface area contributed by atoms with Crippen LogP contribution in [0.5, 0.6) is 0 Å². The molecule has 0 amide bonds. The zero-order valence-corrected chi connectivity index (χ0v) is 15.2. The molecule has 0 saturated heterocycles. The van der Waals surface area contributed by atoms with Crippen molar-refractivity contribution < 1.29 is 0 Å². The van der Waals surface area contributed by atoms with Crippen molar-refractivity contribution in [2.45, 2.75) is 0 Å². The summed E-state index contributed by atoms with van der Waals surface area (Å²) < 4.78 is 0. The average molecular weight is 407 g/mol.